The highest BCUT2D eigenvalue weighted by atomic mass is 19.1. The van der Waals surface area contributed by atoms with Crippen LogP contribution < -0.4 is 21.4 Å². The molecule has 1 aliphatic carbocycles. The van der Waals surface area contributed by atoms with Crippen LogP contribution in [0.25, 0.3) is 10.9 Å². The van der Waals surface area contributed by atoms with Crippen LogP contribution in [0.3, 0.4) is 0 Å². The molecule has 0 spiro atoms. The summed E-state index contributed by atoms with van der Waals surface area (Å²) in [7, 11) is 0. The van der Waals surface area contributed by atoms with Gasteiger partial charge in [-0.3, -0.25) is 9.59 Å². The molecular weight excluding hydrogens is 419 g/mol. The van der Waals surface area contributed by atoms with Crippen LogP contribution >= 0.6 is 0 Å². The van der Waals surface area contributed by atoms with Crippen LogP contribution in [-0.2, 0) is 4.74 Å². The zero-order chi connectivity index (χ0) is 23.5. The van der Waals surface area contributed by atoms with Gasteiger partial charge in [0.05, 0.1) is 17.8 Å². The molecule has 1 aliphatic rings. The van der Waals surface area contributed by atoms with Gasteiger partial charge in [-0.25, -0.2) is 9.18 Å². The molecule has 2 aromatic rings. The molecular formula is C22H29FN4O5. The fraction of sp³-hybridized carbons (Fsp3) is 0.500. The number of aromatic nitrogens is 1. The average Bonchev–Trinajstić information content (AvgIpc) is 3.54. The van der Waals surface area contributed by atoms with E-state index in [4.69, 9.17) is 9.84 Å². The number of benzene rings is 1. The number of hydrogen-bond donors (Lipinski definition) is 4. The van der Waals surface area contributed by atoms with Crippen molar-refractivity contribution in [2.24, 2.45) is 0 Å². The number of nitrogens with zero attached hydrogens (tertiary/aromatic N) is 1. The molecule has 9 nitrogen and oxygen atoms in total. The second-order valence-electron chi connectivity index (χ2n) is 8.69. The van der Waals surface area contributed by atoms with E-state index in [-0.39, 0.29) is 48.9 Å². The van der Waals surface area contributed by atoms with E-state index in [1.165, 1.54) is 6.20 Å². The van der Waals surface area contributed by atoms with Gasteiger partial charge in [0, 0.05) is 37.3 Å². The Labute approximate surface area is 184 Å². The Bertz CT molecular complexity index is 1070. The first kappa shape index (κ1) is 23.5. The van der Waals surface area contributed by atoms with Gasteiger partial charge in [-0.2, -0.15) is 0 Å². The molecule has 1 heterocycles. The molecule has 4 N–H and O–H groups in total. The Hall–Kier alpha value is -3.14. The van der Waals surface area contributed by atoms with Gasteiger partial charge in [0.1, 0.15) is 17.0 Å². The third kappa shape index (κ3) is 5.76. The second kappa shape index (κ2) is 9.56. The summed E-state index contributed by atoms with van der Waals surface area (Å²) in [5, 5.41) is 17.0. The maximum Gasteiger partial charge on any atom is 0.407 e. The number of anilines is 1. The molecule has 2 amide bonds. The van der Waals surface area contributed by atoms with Gasteiger partial charge in [0.15, 0.2) is 0 Å². The quantitative estimate of drug-likeness (QED) is 0.459. The number of hydrogen-bond acceptors (Lipinski definition) is 6. The van der Waals surface area contributed by atoms with E-state index in [9.17, 15) is 18.8 Å². The zero-order valence-corrected chi connectivity index (χ0v) is 18.5. The minimum atomic E-state index is -0.637. The van der Waals surface area contributed by atoms with E-state index in [0.717, 1.165) is 18.9 Å². The van der Waals surface area contributed by atoms with Gasteiger partial charge in [0.25, 0.3) is 5.91 Å². The Morgan fingerprint density at radius 2 is 1.91 bits per heavy atom. The summed E-state index contributed by atoms with van der Waals surface area (Å²) in [6.45, 7) is 5.52. The van der Waals surface area contributed by atoms with Crippen molar-refractivity contribution in [2.75, 3.05) is 31.6 Å². The van der Waals surface area contributed by atoms with Crippen molar-refractivity contribution in [1.29, 1.82) is 0 Å². The highest BCUT2D eigenvalue weighted by molar-refractivity contribution is 5.97. The number of alkyl carbamates (subject to hydrolysis) is 1. The molecule has 0 saturated heterocycles. The topological polar surface area (TPSA) is 122 Å². The predicted molar refractivity (Wildman–Crippen MR) is 119 cm³/mol. The molecule has 1 saturated carbocycles. The highest BCUT2D eigenvalue weighted by Gasteiger charge is 2.27. The molecule has 10 heteroatoms. The van der Waals surface area contributed by atoms with Crippen LogP contribution in [0.2, 0.25) is 0 Å². The van der Waals surface area contributed by atoms with Crippen molar-refractivity contribution in [3.8, 4) is 0 Å². The lowest BCUT2D eigenvalue weighted by molar-refractivity contribution is 0.0530. The first-order valence-corrected chi connectivity index (χ1v) is 10.6. The summed E-state index contributed by atoms with van der Waals surface area (Å²) < 4.78 is 21.7. The smallest absolute Gasteiger partial charge is 0.407 e. The number of ether oxygens (including phenoxy) is 1. The average molecular weight is 448 g/mol. The van der Waals surface area contributed by atoms with Crippen LogP contribution in [0.4, 0.5) is 14.9 Å². The summed E-state index contributed by atoms with van der Waals surface area (Å²) in [6, 6.07) is 2.81. The Morgan fingerprint density at radius 1 is 1.19 bits per heavy atom. The Morgan fingerprint density at radius 3 is 2.53 bits per heavy atom. The first-order chi connectivity index (χ1) is 15.1. The van der Waals surface area contributed by atoms with Crippen LogP contribution in [0.5, 0.6) is 0 Å². The van der Waals surface area contributed by atoms with Gasteiger partial charge in [-0.05, 0) is 45.7 Å². The third-order valence-electron chi connectivity index (χ3n) is 4.81. The van der Waals surface area contributed by atoms with E-state index in [2.05, 4.69) is 16.0 Å². The first-order valence-electron chi connectivity index (χ1n) is 10.6. The fourth-order valence-electron chi connectivity index (χ4n) is 3.26. The van der Waals surface area contributed by atoms with Crippen molar-refractivity contribution in [1.82, 2.24) is 15.2 Å². The van der Waals surface area contributed by atoms with Crippen molar-refractivity contribution in [2.45, 2.75) is 45.3 Å². The van der Waals surface area contributed by atoms with Gasteiger partial charge in [-0.1, -0.05) is 0 Å². The molecule has 1 aromatic carbocycles. The van der Waals surface area contributed by atoms with Crippen LogP contribution in [0, 0.1) is 5.82 Å². The number of pyridine rings is 1. The van der Waals surface area contributed by atoms with E-state index in [0.29, 0.717) is 5.52 Å². The summed E-state index contributed by atoms with van der Waals surface area (Å²) >= 11 is 0. The minimum absolute atomic E-state index is 0.0221. The summed E-state index contributed by atoms with van der Waals surface area (Å²) in [5.74, 6) is -1.24. The maximum absolute atomic E-state index is 14.7. The SMILES string of the molecule is CC(C)(C)OC(=O)NCCNc1cc2c(cc1F)c(=O)c(C(=O)NCCO)cn2C1CC1. The van der Waals surface area contributed by atoms with Crippen LogP contribution in [-0.4, -0.2) is 53.5 Å². The molecule has 0 radical (unpaired) electrons. The minimum Gasteiger partial charge on any atom is -0.444 e. The number of rotatable bonds is 8. The molecule has 0 aliphatic heterocycles. The number of aliphatic hydroxyl groups excluding tert-OH is 1. The summed E-state index contributed by atoms with van der Waals surface area (Å²) in [5.41, 5.74) is -0.540. The molecule has 1 fully saturated rings. The van der Waals surface area contributed by atoms with Crippen molar-refractivity contribution >= 4 is 28.6 Å². The number of carbonyl (C=O) groups excluding carboxylic acids is 2. The number of halogens is 1. The Balaban J connectivity index is 1.81. The lowest BCUT2D eigenvalue weighted by Crippen LogP contribution is -2.35. The number of carbonyl (C=O) groups is 2. The van der Waals surface area contributed by atoms with Gasteiger partial charge in [0.2, 0.25) is 5.43 Å². The lowest BCUT2D eigenvalue weighted by atomic mass is 10.1. The number of fused-ring (bicyclic) bond motifs is 1. The molecule has 0 atom stereocenters. The van der Waals surface area contributed by atoms with Crippen LogP contribution in [0.1, 0.15) is 50.0 Å². The maximum atomic E-state index is 14.7. The molecule has 174 valence electrons. The number of aliphatic hydroxyl groups is 1. The predicted octanol–water partition coefficient (Wildman–Crippen LogP) is 2.13. The van der Waals surface area contributed by atoms with Crippen LogP contribution in [0.15, 0.2) is 23.1 Å². The number of nitrogens with one attached hydrogen (secondary N) is 3. The largest absolute Gasteiger partial charge is 0.444 e. The van der Waals surface area contributed by atoms with Crippen molar-refractivity contribution < 1.29 is 23.8 Å². The Kier molecular flexibility index (Phi) is 7.02. The lowest BCUT2D eigenvalue weighted by Gasteiger charge is -2.20. The van der Waals surface area contributed by atoms with E-state index < -0.39 is 28.8 Å². The third-order valence-corrected chi connectivity index (χ3v) is 4.81. The van der Waals surface area contributed by atoms with Gasteiger partial charge < -0.3 is 30.4 Å². The van der Waals surface area contributed by atoms with Crippen molar-refractivity contribution in [3.63, 3.8) is 0 Å². The normalized spacial score (nSPS) is 13.7. The van der Waals surface area contributed by atoms with Crippen molar-refractivity contribution in [3.05, 3.63) is 39.9 Å². The van der Waals surface area contributed by atoms with E-state index >= 15 is 0 Å². The van der Waals surface area contributed by atoms with E-state index in [1.807, 2.05) is 4.57 Å². The monoisotopic (exact) mass is 448 g/mol. The molecule has 0 bridgehead atoms. The zero-order valence-electron chi connectivity index (χ0n) is 18.5. The molecule has 1 aromatic heterocycles. The standard InChI is InChI=1S/C22H29FN4O5/c1-22(2,3)32-21(31)26-7-6-24-17-11-18-14(10-16(17)23)19(29)15(20(30)25-8-9-28)12-27(18)13-4-5-13/h10-13,24,28H,4-9H2,1-3H3,(H,25,30)(H,26,31). The van der Waals surface area contributed by atoms with Gasteiger partial charge >= 0.3 is 6.09 Å². The fourth-order valence-corrected chi connectivity index (χ4v) is 3.26. The molecule has 32 heavy (non-hydrogen) atoms. The summed E-state index contributed by atoms with van der Waals surface area (Å²) in [4.78, 5) is 36.9. The van der Waals surface area contributed by atoms with Gasteiger partial charge in [-0.15, -0.1) is 0 Å². The molecule has 0 unspecified atom stereocenters. The summed E-state index contributed by atoms with van der Waals surface area (Å²) in [6.07, 6.45) is 2.74. The number of amides is 2. The second-order valence-corrected chi connectivity index (χ2v) is 8.69. The molecule has 3 rings (SSSR count). The highest BCUT2D eigenvalue weighted by Crippen LogP contribution is 2.37. The van der Waals surface area contributed by atoms with E-state index in [1.54, 1.807) is 26.8 Å².